The predicted octanol–water partition coefficient (Wildman–Crippen LogP) is 2.57. The number of esters is 1. The lowest BCUT2D eigenvalue weighted by atomic mass is 10.1. The van der Waals surface area contributed by atoms with Crippen molar-refractivity contribution in [3.63, 3.8) is 0 Å². The number of benzene rings is 1. The molecule has 1 N–H and O–H groups in total. The zero-order valence-corrected chi connectivity index (χ0v) is 14.2. The largest absolute Gasteiger partial charge is 0.461 e. The van der Waals surface area contributed by atoms with Gasteiger partial charge in [0.1, 0.15) is 10.6 Å². The second-order valence-corrected chi connectivity index (χ2v) is 6.73. The number of aryl methyl sites for hydroxylation is 2. The molecule has 0 amide bonds. The highest BCUT2D eigenvalue weighted by atomic mass is 32.2. The second-order valence-electron chi connectivity index (χ2n) is 5.05. The summed E-state index contributed by atoms with van der Waals surface area (Å²) in [5.74, 6) is -0.551. The molecule has 1 heterocycles. The molecule has 0 fully saturated rings. The highest BCUT2D eigenvalue weighted by Gasteiger charge is 2.21. The van der Waals surface area contributed by atoms with Gasteiger partial charge in [0.05, 0.1) is 6.61 Å². The minimum absolute atomic E-state index is 0.0185. The van der Waals surface area contributed by atoms with Crippen LogP contribution in [0.5, 0.6) is 0 Å². The number of hydrogen-bond acceptors (Lipinski definition) is 4. The molecule has 7 heteroatoms. The molecule has 0 aliphatic rings. The minimum atomic E-state index is -3.77. The fourth-order valence-corrected chi connectivity index (χ4v) is 3.28. The number of hydrogen-bond donors (Lipinski definition) is 1. The number of rotatable bonds is 6. The van der Waals surface area contributed by atoms with Crippen LogP contribution in [0.2, 0.25) is 0 Å². The SMILES string of the molecule is CCOC(=O)c1cc(S(=O)(=O)Nc2cccc(CC)c2)cn1C. The summed E-state index contributed by atoms with van der Waals surface area (Å²) >= 11 is 0. The average Bonchev–Trinajstić information content (AvgIpc) is 2.90. The summed E-state index contributed by atoms with van der Waals surface area (Å²) in [7, 11) is -2.17. The van der Waals surface area contributed by atoms with Crippen LogP contribution < -0.4 is 4.72 Å². The van der Waals surface area contributed by atoms with Crippen LogP contribution in [0, 0.1) is 0 Å². The average molecular weight is 336 g/mol. The molecule has 1 aromatic heterocycles. The maximum absolute atomic E-state index is 12.5. The zero-order valence-electron chi connectivity index (χ0n) is 13.4. The molecule has 124 valence electrons. The summed E-state index contributed by atoms with van der Waals surface area (Å²) in [4.78, 5) is 11.8. The van der Waals surface area contributed by atoms with Crippen molar-refractivity contribution in [2.45, 2.75) is 25.2 Å². The number of nitrogens with zero attached hydrogens (tertiary/aromatic N) is 1. The van der Waals surface area contributed by atoms with Crippen molar-refractivity contribution in [3.8, 4) is 0 Å². The van der Waals surface area contributed by atoms with Crippen LogP contribution in [-0.2, 0) is 28.2 Å². The molecular formula is C16H20N2O4S. The van der Waals surface area contributed by atoms with Crippen molar-refractivity contribution in [3.05, 3.63) is 47.8 Å². The van der Waals surface area contributed by atoms with E-state index in [0.29, 0.717) is 5.69 Å². The Hall–Kier alpha value is -2.28. The Balaban J connectivity index is 2.29. The predicted molar refractivity (Wildman–Crippen MR) is 88.0 cm³/mol. The second kappa shape index (κ2) is 6.87. The van der Waals surface area contributed by atoms with E-state index in [1.807, 2.05) is 13.0 Å². The molecular weight excluding hydrogens is 316 g/mol. The maximum Gasteiger partial charge on any atom is 0.354 e. The number of sulfonamides is 1. The summed E-state index contributed by atoms with van der Waals surface area (Å²) in [6.07, 6.45) is 2.20. The lowest BCUT2D eigenvalue weighted by Gasteiger charge is -2.07. The van der Waals surface area contributed by atoms with Crippen molar-refractivity contribution in [1.82, 2.24) is 4.57 Å². The number of nitrogens with one attached hydrogen (secondary N) is 1. The van der Waals surface area contributed by atoms with E-state index in [1.54, 1.807) is 32.2 Å². The van der Waals surface area contributed by atoms with Gasteiger partial charge in [-0.2, -0.15) is 0 Å². The van der Waals surface area contributed by atoms with Crippen LogP contribution in [0.3, 0.4) is 0 Å². The molecule has 0 saturated carbocycles. The highest BCUT2D eigenvalue weighted by Crippen LogP contribution is 2.20. The van der Waals surface area contributed by atoms with Gasteiger partial charge in [-0.1, -0.05) is 19.1 Å². The molecule has 2 rings (SSSR count). The molecule has 0 atom stereocenters. The molecule has 23 heavy (non-hydrogen) atoms. The van der Waals surface area contributed by atoms with Crippen molar-refractivity contribution >= 4 is 21.7 Å². The third-order valence-corrected chi connectivity index (χ3v) is 4.71. The fourth-order valence-electron chi connectivity index (χ4n) is 2.16. The van der Waals surface area contributed by atoms with E-state index in [-0.39, 0.29) is 17.2 Å². The Morgan fingerprint density at radius 3 is 2.65 bits per heavy atom. The summed E-state index contributed by atoms with van der Waals surface area (Å²) < 4.78 is 33.8. The Bertz CT molecular complexity index is 809. The van der Waals surface area contributed by atoms with Gasteiger partial charge in [-0.05, 0) is 37.1 Å². The summed E-state index contributed by atoms with van der Waals surface area (Å²) in [6, 6.07) is 8.51. The quantitative estimate of drug-likeness (QED) is 0.823. The molecule has 2 aromatic rings. The lowest BCUT2D eigenvalue weighted by Crippen LogP contribution is -2.12. The molecule has 0 spiro atoms. The first-order valence-corrected chi connectivity index (χ1v) is 8.81. The first kappa shape index (κ1) is 17.1. The molecule has 0 aliphatic heterocycles. The lowest BCUT2D eigenvalue weighted by molar-refractivity contribution is 0.0515. The van der Waals surface area contributed by atoms with Gasteiger partial charge in [-0.15, -0.1) is 0 Å². The summed E-state index contributed by atoms with van der Waals surface area (Å²) in [5, 5.41) is 0. The van der Waals surface area contributed by atoms with Gasteiger partial charge in [-0.25, -0.2) is 13.2 Å². The van der Waals surface area contributed by atoms with Crippen LogP contribution in [0.25, 0.3) is 0 Å². The highest BCUT2D eigenvalue weighted by molar-refractivity contribution is 7.92. The molecule has 0 radical (unpaired) electrons. The molecule has 0 aliphatic carbocycles. The minimum Gasteiger partial charge on any atom is -0.461 e. The van der Waals surface area contributed by atoms with E-state index >= 15 is 0 Å². The third kappa shape index (κ3) is 3.92. The van der Waals surface area contributed by atoms with Crippen molar-refractivity contribution in [2.75, 3.05) is 11.3 Å². The summed E-state index contributed by atoms with van der Waals surface area (Å²) in [5.41, 5.74) is 1.71. The van der Waals surface area contributed by atoms with Gasteiger partial charge >= 0.3 is 5.97 Å². The standard InChI is InChI=1S/C16H20N2O4S/c1-4-12-7-6-8-13(9-12)17-23(20,21)14-10-15(18(3)11-14)16(19)22-5-2/h6-11,17H,4-5H2,1-3H3. The van der Waals surface area contributed by atoms with Crippen molar-refractivity contribution in [1.29, 1.82) is 0 Å². The monoisotopic (exact) mass is 336 g/mol. The van der Waals surface area contributed by atoms with Gasteiger partial charge < -0.3 is 9.30 Å². The van der Waals surface area contributed by atoms with Crippen molar-refractivity contribution in [2.24, 2.45) is 7.05 Å². The maximum atomic E-state index is 12.5. The van der Waals surface area contributed by atoms with Gasteiger partial charge in [-0.3, -0.25) is 4.72 Å². The van der Waals surface area contributed by atoms with E-state index in [0.717, 1.165) is 12.0 Å². The van der Waals surface area contributed by atoms with Crippen LogP contribution in [0.4, 0.5) is 5.69 Å². The first-order valence-electron chi connectivity index (χ1n) is 7.32. The molecule has 6 nitrogen and oxygen atoms in total. The fraction of sp³-hybridized carbons (Fsp3) is 0.312. The van der Waals surface area contributed by atoms with Gasteiger partial charge in [0.25, 0.3) is 10.0 Å². The number of ether oxygens (including phenoxy) is 1. The van der Waals surface area contributed by atoms with Crippen LogP contribution in [-0.4, -0.2) is 25.6 Å². The smallest absolute Gasteiger partial charge is 0.354 e. The number of carbonyl (C=O) groups excluding carboxylic acids is 1. The molecule has 1 aromatic carbocycles. The zero-order chi connectivity index (χ0) is 17.0. The van der Waals surface area contributed by atoms with E-state index < -0.39 is 16.0 Å². The van der Waals surface area contributed by atoms with E-state index in [4.69, 9.17) is 4.74 Å². The Labute approximate surface area is 136 Å². The summed E-state index contributed by atoms with van der Waals surface area (Å²) in [6.45, 7) is 3.92. The van der Waals surface area contributed by atoms with Crippen LogP contribution in [0.1, 0.15) is 29.9 Å². The first-order chi connectivity index (χ1) is 10.9. The molecule has 0 bridgehead atoms. The van der Waals surface area contributed by atoms with Crippen LogP contribution in [0.15, 0.2) is 41.4 Å². The topological polar surface area (TPSA) is 77.4 Å². The molecule has 0 saturated heterocycles. The number of carbonyl (C=O) groups is 1. The number of anilines is 1. The van der Waals surface area contributed by atoms with E-state index in [2.05, 4.69) is 4.72 Å². The van der Waals surface area contributed by atoms with E-state index in [9.17, 15) is 13.2 Å². The third-order valence-electron chi connectivity index (χ3n) is 3.36. The Morgan fingerprint density at radius 2 is 2.00 bits per heavy atom. The number of aromatic nitrogens is 1. The molecule has 0 unspecified atom stereocenters. The normalized spacial score (nSPS) is 11.3. The Kier molecular flexibility index (Phi) is 5.10. The van der Waals surface area contributed by atoms with Crippen LogP contribution >= 0.6 is 0 Å². The van der Waals surface area contributed by atoms with Gasteiger partial charge in [0.15, 0.2) is 0 Å². The van der Waals surface area contributed by atoms with Crippen molar-refractivity contribution < 1.29 is 17.9 Å². The van der Waals surface area contributed by atoms with E-state index in [1.165, 1.54) is 16.8 Å². The van der Waals surface area contributed by atoms with Gasteiger partial charge in [0, 0.05) is 18.9 Å². The van der Waals surface area contributed by atoms with Gasteiger partial charge in [0.2, 0.25) is 0 Å². The Morgan fingerprint density at radius 1 is 1.26 bits per heavy atom.